The number of carbonyl (C=O) groups is 1. The molecule has 1 aliphatic rings. The third kappa shape index (κ3) is 5.53. The van der Waals surface area contributed by atoms with Crippen LogP contribution in [0.5, 0.6) is 0 Å². The van der Waals surface area contributed by atoms with Crippen molar-refractivity contribution in [3.63, 3.8) is 0 Å². The number of anilines is 2. The number of pyridine rings is 2. The Bertz CT molecular complexity index is 1450. The van der Waals surface area contributed by atoms with E-state index in [0.717, 1.165) is 12.1 Å². The normalized spacial score (nSPS) is 18.5. The fourth-order valence-electron chi connectivity index (χ4n) is 4.32. The van der Waals surface area contributed by atoms with Crippen molar-refractivity contribution >= 4 is 27.6 Å². The molecule has 1 aliphatic heterocycles. The van der Waals surface area contributed by atoms with Crippen LogP contribution in [-0.4, -0.2) is 42.6 Å². The largest absolute Gasteiger partial charge is 0.481 e. The van der Waals surface area contributed by atoms with Gasteiger partial charge in [-0.25, -0.2) is 9.97 Å². The predicted octanol–water partition coefficient (Wildman–Crippen LogP) is 4.96. The molecular formula is C25H25F3N4O4S. The van der Waals surface area contributed by atoms with Crippen LogP contribution in [0.2, 0.25) is 0 Å². The Kier molecular flexibility index (Phi) is 6.89. The van der Waals surface area contributed by atoms with E-state index in [-0.39, 0.29) is 28.8 Å². The lowest BCUT2D eigenvalue weighted by Crippen LogP contribution is -2.46. The van der Waals surface area contributed by atoms with E-state index in [1.54, 1.807) is 43.0 Å². The molecule has 0 bridgehead atoms. The third-order valence-corrected chi connectivity index (χ3v) is 7.62. The fourth-order valence-corrected chi connectivity index (χ4v) is 5.28. The van der Waals surface area contributed by atoms with Crippen LogP contribution in [0.15, 0.2) is 59.6 Å². The molecule has 3 heterocycles. The average molecular weight is 535 g/mol. The summed E-state index contributed by atoms with van der Waals surface area (Å²) < 4.78 is 69.6. The minimum Gasteiger partial charge on any atom is -0.481 e. The number of rotatable bonds is 6. The molecule has 0 radical (unpaired) electrons. The Labute approximate surface area is 212 Å². The van der Waals surface area contributed by atoms with Crippen LogP contribution < -0.4 is 9.62 Å². The quantitative estimate of drug-likeness (QED) is 0.460. The monoisotopic (exact) mass is 534 g/mol. The van der Waals surface area contributed by atoms with E-state index in [2.05, 4.69) is 14.7 Å². The van der Waals surface area contributed by atoms with Crippen LogP contribution in [0, 0.1) is 12.3 Å². The van der Waals surface area contributed by atoms with Crippen molar-refractivity contribution in [1.29, 1.82) is 0 Å². The Morgan fingerprint density at radius 1 is 1.08 bits per heavy atom. The second kappa shape index (κ2) is 9.66. The van der Waals surface area contributed by atoms with Gasteiger partial charge in [-0.05, 0) is 56.5 Å². The molecule has 196 valence electrons. The van der Waals surface area contributed by atoms with Gasteiger partial charge in [-0.15, -0.1) is 0 Å². The van der Waals surface area contributed by atoms with Crippen molar-refractivity contribution in [3.8, 4) is 11.3 Å². The summed E-state index contributed by atoms with van der Waals surface area (Å²) in [5, 5.41) is 9.20. The summed E-state index contributed by atoms with van der Waals surface area (Å²) in [6.07, 6.45) is -3.62. The molecule has 1 fully saturated rings. The summed E-state index contributed by atoms with van der Waals surface area (Å²) in [5.74, 6) is -0.952. The number of nitrogens with one attached hydrogen (secondary N) is 1. The van der Waals surface area contributed by atoms with E-state index in [0.29, 0.717) is 24.9 Å². The van der Waals surface area contributed by atoms with Crippen LogP contribution in [0.4, 0.5) is 24.8 Å². The molecule has 0 amide bonds. The smallest absolute Gasteiger partial charge is 0.418 e. The van der Waals surface area contributed by atoms with Crippen molar-refractivity contribution < 1.29 is 31.5 Å². The van der Waals surface area contributed by atoms with Crippen molar-refractivity contribution in [1.82, 2.24) is 9.97 Å². The summed E-state index contributed by atoms with van der Waals surface area (Å²) in [6.45, 7) is 3.94. The van der Waals surface area contributed by atoms with E-state index in [1.807, 2.05) is 0 Å². The lowest BCUT2D eigenvalue weighted by atomic mass is 9.82. The Morgan fingerprint density at radius 3 is 2.49 bits per heavy atom. The van der Waals surface area contributed by atoms with Crippen molar-refractivity contribution in [3.05, 3.63) is 65.7 Å². The number of carboxylic acid groups (broad SMARTS) is 1. The summed E-state index contributed by atoms with van der Waals surface area (Å²) >= 11 is 0. The first-order valence-corrected chi connectivity index (χ1v) is 12.9. The standard InChI is InChI=1S/C25H25F3N4O4S/c1-16-7-3-4-8-17(16)22-18(25(26,27)28)11-12-19(29-22)31-37(35,36)21-10-5-9-20(30-21)32-14-6-13-24(2,15-32)23(33)34/h3-5,7-12H,6,13-15H2,1-2H3,(H,29,31)(H,33,34)/t24-/m1/s1. The molecule has 2 aromatic heterocycles. The molecule has 1 aromatic carbocycles. The zero-order chi connectivity index (χ0) is 27.0. The predicted molar refractivity (Wildman–Crippen MR) is 132 cm³/mol. The summed E-state index contributed by atoms with van der Waals surface area (Å²) in [7, 11) is -4.32. The number of sulfonamides is 1. The van der Waals surface area contributed by atoms with Gasteiger partial charge >= 0.3 is 12.1 Å². The van der Waals surface area contributed by atoms with Gasteiger partial charge in [-0.1, -0.05) is 30.3 Å². The van der Waals surface area contributed by atoms with Gasteiger partial charge in [0.05, 0.1) is 16.7 Å². The molecule has 2 N–H and O–H groups in total. The van der Waals surface area contributed by atoms with Crippen molar-refractivity contribution in [2.24, 2.45) is 5.41 Å². The summed E-state index contributed by atoms with van der Waals surface area (Å²) in [6, 6.07) is 12.4. The average Bonchev–Trinajstić information content (AvgIpc) is 2.83. The second-order valence-corrected chi connectivity index (χ2v) is 10.9. The number of aryl methyl sites for hydroxylation is 1. The summed E-state index contributed by atoms with van der Waals surface area (Å²) in [4.78, 5) is 21.6. The highest BCUT2D eigenvalue weighted by atomic mass is 32.2. The number of piperidine rings is 1. The molecule has 1 saturated heterocycles. The number of aromatic nitrogens is 2. The lowest BCUT2D eigenvalue weighted by Gasteiger charge is -2.38. The maximum absolute atomic E-state index is 13.7. The first-order valence-electron chi connectivity index (χ1n) is 11.4. The van der Waals surface area contributed by atoms with E-state index < -0.39 is 38.8 Å². The molecule has 0 saturated carbocycles. The zero-order valence-electron chi connectivity index (χ0n) is 20.1. The summed E-state index contributed by atoms with van der Waals surface area (Å²) in [5.41, 5.74) is -1.61. The topological polar surface area (TPSA) is 112 Å². The maximum atomic E-state index is 13.7. The number of hydrogen-bond acceptors (Lipinski definition) is 6. The van der Waals surface area contributed by atoms with Gasteiger partial charge in [0, 0.05) is 18.7 Å². The van der Waals surface area contributed by atoms with Crippen molar-refractivity contribution in [2.45, 2.75) is 37.9 Å². The minimum absolute atomic E-state index is 0.159. The number of hydrogen-bond donors (Lipinski definition) is 2. The first kappa shape index (κ1) is 26.4. The molecule has 3 aromatic rings. The van der Waals surface area contributed by atoms with E-state index in [4.69, 9.17) is 0 Å². The van der Waals surface area contributed by atoms with Gasteiger partial charge in [0.25, 0.3) is 10.0 Å². The van der Waals surface area contributed by atoms with Crippen LogP contribution in [0.1, 0.15) is 30.9 Å². The molecule has 1 atom stereocenters. The molecule has 37 heavy (non-hydrogen) atoms. The van der Waals surface area contributed by atoms with Crippen LogP contribution in [-0.2, 0) is 21.0 Å². The molecule has 4 rings (SSSR count). The van der Waals surface area contributed by atoms with Crippen molar-refractivity contribution in [2.75, 3.05) is 22.7 Å². The van der Waals surface area contributed by atoms with Gasteiger partial charge in [0.2, 0.25) is 0 Å². The van der Waals surface area contributed by atoms with Gasteiger partial charge in [0.15, 0.2) is 5.03 Å². The van der Waals surface area contributed by atoms with Crippen LogP contribution in [0.25, 0.3) is 11.3 Å². The van der Waals surface area contributed by atoms with Crippen LogP contribution >= 0.6 is 0 Å². The van der Waals surface area contributed by atoms with E-state index in [9.17, 15) is 31.5 Å². The highest BCUT2D eigenvalue weighted by Gasteiger charge is 2.39. The Balaban J connectivity index is 1.67. The highest BCUT2D eigenvalue weighted by molar-refractivity contribution is 7.92. The van der Waals surface area contributed by atoms with Gasteiger partial charge in [-0.3, -0.25) is 9.52 Å². The zero-order valence-corrected chi connectivity index (χ0v) is 20.9. The molecule has 12 heteroatoms. The highest BCUT2D eigenvalue weighted by Crippen LogP contribution is 2.38. The van der Waals surface area contributed by atoms with E-state index in [1.165, 1.54) is 18.2 Å². The number of benzene rings is 1. The van der Waals surface area contributed by atoms with Crippen LogP contribution in [0.3, 0.4) is 0 Å². The number of aliphatic carboxylic acids is 1. The molecule has 0 aliphatic carbocycles. The number of carboxylic acids is 1. The maximum Gasteiger partial charge on any atom is 0.418 e. The minimum atomic E-state index is -4.70. The molecule has 0 spiro atoms. The fraction of sp³-hybridized carbons (Fsp3) is 0.320. The second-order valence-electron chi connectivity index (χ2n) is 9.24. The SMILES string of the molecule is Cc1ccccc1-c1nc(NS(=O)(=O)c2cccc(N3CCC[C@@](C)(C(=O)O)C3)n2)ccc1C(F)(F)F. The van der Waals surface area contributed by atoms with E-state index >= 15 is 0 Å². The molecule has 0 unspecified atom stereocenters. The third-order valence-electron chi connectivity index (χ3n) is 6.36. The first-order chi connectivity index (χ1) is 17.3. The number of alkyl halides is 3. The Morgan fingerprint density at radius 2 is 1.81 bits per heavy atom. The Hall–Kier alpha value is -3.67. The van der Waals surface area contributed by atoms with Gasteiger partial charge in [0.1, 0.15) is 11.6 Å². The lowest BCUT2D eigenvalue weighted by molar-refractivity contribution is -0.148. The van der Waals surface area contributed by atoms with Gasteiger partial charge in [-0.2, -0.15) is 21.6 Å². The number of halogens is 3. The number of nitrogens with zero attached hydrogens (tertiary/aromatic N) is 3. The molecule has 8 nitrogen and oxygen atoms in total. The van der Waals surface area contributed by atoms with Gasteiger partial charge < -0.3 is 10.0 Å². The molecular weight excluding hydrogens is 509 g/mol.